The lowest BCUT2D eigenvalue weighted by atomic mass is 10.2. The van der Waals surface area contributed by atoms with Crippen LogP contribution in [0, 0.1) is 0 Å². The van der Waals surface area contributed by atoms with E-state index in [2.05, 4.69) is 27.3 Å². The third-order valence-electron chi connectivity index (χ3n) is 3.58. The maximum atomic E-state index is 10.9. The van der Waals surface area contributed by atoms with Crippen LogP contribution < -0.4 is 0 Å². The summed E-state index contributed by atoms with van der Waals surface area (Å²) in [6, 6.07) is 1.03. The first-order valence-corrected chi connectivity index (χ1v) is 11.0. The van der Waals surface area contributed by atoms with Gasteiger partial charge in [-0.25, -0.2) is 8.42 Å². The molecule has 1 atom stereocenters. The molecule has 0 bridgehead atoms. The third kappa shape index (κ3) is 6.87. The van der Waals surface area contributed by atoms with Crippen molar-refractivity contribution < 1.29 is 17.6 Å². The SMILES string of the molecule is CO[Si](C)(CCCOCCS(C)(=O)=O)C(C)(C)C. The Balaban J connectivity index is 3.90. The summed E-state index contributed by atoms with van der Waals surface area (Å²) in [4.78, 5) is 0. The van der Waals surface area contributed by atoms with Crippen LogP contribution in [0.5, 0.6) is 0 Å². The van der Waals surface area contributed by atoms with Gasteiger partial charge in [-0.3, -0.25) is 0 Å². The Kier molecular flexibility index (Phi) is 7.06. The zero-order chi connectivity index (χ0) is 14.4. The molecule has 0 saturated heterocycles. The molecule has 0 amide bonds. The van der Waals surface area contributed by atoms with Crippen molar-refractivity contribution in [2.75, 3.05) is 32.3 Å². The van der Waals surface area contributed by atoms with Crippen LogP contribution in [0.25, 0.3) is 0 Å². The van der Waals surface area contributed by atoms with E-state index in [9.17, 15) is 8.42 Å². The monoisotopic (exact) mass is 296 g/mol. The third-order valence-corrected chi connectivity index (χ3v) is 9.87. The van der Waals surface area contributed by atoms with E-state index in [1.165, 1.54) is 6.26 Å². The van der Waals surface area contributed by atoms with Gasteiger partial charge in [-0.15, -0.1) is 0 Å². The van der Waals surface area contributed by atoms with Crippen molar-refractivity contribution >= 4 is 18.2 Å². The molecule has 1 unspecified atom stereocenters. The number of sulfone groups is 1. The summed E-state index contributed by atoms with van der Waals surface area (Å²) in [5, 5.41) is 0.203. The highest BCUT2D eigenvalue weighted by atomic mass is 32.2. The fourth-order valence-corrected chi connectivity index (χ4v) is 4.41. The van der Waals surface area contributed by atoms with Crippen molar-refractivity contribution in [3.8, 4) is 0 Å². The molecule has 0 aromatic rings. The molecule has 110 valence electrons. The molecule has 6 heteroatoms. The first-order valence-electron chi connectivity index (χ1n) is 6.32. The van der Waals surface area contributed by atoms with Gasteiger partial charge in [0.25, 0.3) is 0 Å². The lowest BCUT2D eigenvalue weighted by Crippen LogP contribution is -2.43. The van der Waals surface area contributed by atoms with Gasteiger partial charge in [-0.05, 0) is 24.1 Å². The molecule has 0 aromatic carbocycles. The molecule has 4 nitrogen and oxygen atoms in total. The van der Waals surface area contributed by atoms with Crippen molar-refractivity contribution in [2.24, 2.45) is 0 Å². The van der Waals surface area contributed by atoms with Crippen LogP contribution in [0.1, 0.15) is 27.2 Å². The summed E-state index contributed by atoms with van der Waals surface area (Å²) in [5.74, 6) is 0.102. The molecule has 18 heavy (non-hydrogen) atoms. The van der Waals surface area contributed by atoms with Crippen LogP contribution in [0.2, 0.25) is 17.6 Å². The first-order chi connectivity index (χ1) is 8.02. The first kappa shape index (κ1) is 18.1. The van der Waals surface area contributed by atoms with Gasteiger partial charge in [0, 0.05) is 20.0 Å². The van der Waals surface area contributed by atoms with Crippen molar-refractivity contribution in [1.82, 2.24) is 0 Å². The van der Waals surface area contributed by atoms with E-state index < -0.39 is 18.2 Å². The predicted octanol–water partition coefficient (Wildman–Crippen LogP) is 2.46. The van der Waals surface area contributed by atoms with E-state index in [1.807, 2.05) is 0 Å². The topological polar surface area (TPSA) is 52.6 Å². The van der Waals surface area contributed by atoms with Crippen molar-refractivity contribution in [1.29, 1.82) is 0 Å². The molecular weight excluding hydrogens is 268 g/mol. The van der Waals surface area contributed by atoms with Crippen molar-refractivity contribution in [3.05, 3.63) is 0 Å². The number of ether oxygens (including phenoxy) is 1. The molecule has 0 fully saturated rings. The Labute approximate surface area is 113 Å². The second-order valence-corrected chi connectivity index (χ2v) is 13.2. The highest BCUT2D eigenvalue weighted by Gasteiger charge is 2.40. The van der Waals surface area contributed by atoms with Gasteiger partial charge in [-0.2, -0.15) is 0 Å². The van der Waals surface area contributed by atoms with Gasteiger partial charge in [0.05, 0.1) is 12.4 Å². The summed E-state index contributed by atoms with van der Waals surface area (Å²) < 4.78 is 32.9. The molecule has 0 saturated carbocycles. The van der Waals surface area contributed by atoms with Crippen LogP contribution in [0.3, 0.4) is 0 Å². The van der Waals surface area contributed by atoms with Gasteiger partial charge in [0.15, 0.2) is 8.32 Å². The number of hydrogen-bond acceptors (Lipinski definition) is 4. The largest absolute Gasteiger partial charge is 0.420 e. The van der Waals surface area contributed by atoms with E-state index >= 15 is 0 Å². The Morgan fingerprint density at radius 3 is 2.11 bits per heavy atom. The standard InChI is InChI=1S/C12H28O4SSi/c1-12(2,3)18(6,15-4)11-7-8-16-9-10-17(5,13)14/h7-11H2,1-6H3. The predicted molar refractivity (Wildman–Crippen MR) is 78.3 cm³/mol. The smallest absolute Gasteiger partial charge is 0.194 e. The lowest BCUT2D eigenvalue weighted by molar-refractivity contribution is 0.148. The lowest BCUT2D eigenvalue weighted by Gasteiger charge is -2.38. The quantitative estimate of drug-likeness (QED) is 0.510. The Hall–Kier alpha value is 0.0869. The maximum absolute atomic E-state index is 10.9. The molecule has 0 radical (unpaired) electrons. The van der Waals surface area contributed by atoms with Crippen LogP contribution >= 0.6 is 0 Å². The van der Waals surface area contributed by atoms with Gasteiger partial charge < -0.3 is 9.16 Å². The highest BCUT2D eigenvalue weighted by Crippen LogP contribution is 2.39. The van der Waals surface area contributed by atoms with Crippen LogP contribution in [-0.4, -0.2) is 49.1 Å². The molecule has 0 aliphatic rings. The van der Waals surface area contributed by atoms with E-state index in [4.69, 9.17) is 9.16 Å². The molecule has 0 aliphatic carbocycles. The second kappa shape index (κ2) is 7.03. The molecule has 0 heterocycles. The Morgan fingerprint density at radius 1 is 1.17 bits per heavy atom. The van der Waals surface area contributed by atoms with E-state index in [0.717, 1.165) is 12.5 Å². The minimum absolute atomic E-state index is 0.102. The average molecular weight is 297 g/mol. The van der Waals surface area contributed by atoms with Crippen LogP contribution in [0.4, 0.5) is 0 Å². The van der Waals surface area contributed by atoms with Crippen LogP contribution in [-0.2, 0) is 19.0 Å². The fraction of sp³-hybridized carbons (Fsp3) is 1.00. The maximum Gasteiger partial charge on any atom is 0.194 e. The number of rotatable bonds is 8. The zero-order valence-corrected chi connectivity index (χ0v) is 14.4. The summed E-state index contributed by atoms with van der Waals surface area (Å²) in [7, 11) is -2.84. The summed E-state index contributed by atoms with van der Waals surface area (Å²) in [6.45, 7) is 9.79. The summed E-state index contributed by atoms with van der Waals surface area (Å²) >= 11 is 0. The molecule has 0 aliphatic heterocycles. The minimum atomic E-state index is -2.91. The van der Waals surface area contributed by atoms with E-state index in [-0.39, 0.29) is 10.8 Å². The summed E-state index contributed by atoms with van der Waals surface area (Å²) in [6.07, 6.45) is 2.16. The van der Waals surface area contributed by atoms with Gasteiger partial charge >= 0.3 is 0 Å². The van der Waals surface area contributed by atoms with Gasteiger partial charge in [0.1, 0.15) is 9.84 Å². The highest BCUT2D eigenvalue weighted by molar-refractivity contribution is 7.90. The van der Waals surface area contributed by atoms with E-state index in [1.54, 1.807) is 7.11 Å². The Bertz CT molecular complexity index is 334. The van der Waals surface area contributed by atoms with Crippen molar-refractivity contribution in [2.45, 2.75) is 44.8 Å². The molecule has 0 spiro atoms. The normalized spacial score (nSPS) is 16.6. The van der Waals surface area contributed by atoms with Gasteiger partial charge in [0.2, 0.25) is 0 Å². The second-order valence-electron chi connectivity index (χ2n) is 6.03. The minimum Gasteiger partial charge on any atom is -0.420 e. The van der Waals surface area contributed by atoms with Crippen molar-refractivity contribution in [3.63, 3.8) is 0 Å². The van der Waals surface area contributed by atoms with E-state index in [0.29, 0.717) is 13.2 Å². The number of hydrogen-bond donors (Lipinski definition) is 0. The molecule has 0 rings (SSSR count). The molecular formula is C12H28O4SSi. The zero-order valence-electron chi connectivity index (χ0n) is 12.6. The summed E-state index contributed by atoms with van der Waals surface area (Å²) in [5.41, 5.74) is 0. The fourth-order valence-electron chi connectivity index (χ4n) is 1.61. The average Bonchev–Trinajstić information content (AvgIpc) is 2.19. The Morgan fingerprint density at radius 2 is 1.72 bits per heavy atom. The van der Waals surface area contributed by atoms with Crippen LogP contribution in [0.15, 0.2) is 0 Å². The van der Waals surface area contributed by atoms with Gasteiger partial charge in [-0.1, -0.05) is 20.8 Å². The molecule has 0 aromatic heterocycles. The molecule has 0 N–H and O–H groups in total.